The number of piperidine rings is 1. The molecule has 1 amide bonds. The molecule has 1 saturated carbocycles. The van der Waals surface area contributed by atoms with E-state index in [2.05, 4.69) is 32.3 Å². The number of carbonyl (C=O) groups is 1. The Morgan fingerprint density at radius 3 is 2.69 bits per heavy atom. The van der Waals surface area contributed by atoms with Gasteiger partial charge in [0.2, 0.25) is 5.91 Å². The van der Waals surface area contributed by atoms with Crippen molar-refractivity contribution in [2.45, 2.75) is 57.7 Å². The highest BCUT2D eigenvalue weighted by atomic mass is 16.2. The number of nitrogens with zero attached hydrogens (tertiary/aromatic N) is 5. The van der Waals surface area contributed by atoms with E-state index in [0.29, 0.717) is 11.8 Å². The molecule has 6 rings (SSSR count). The Hall–Kier alpha value is -2.41. The minimum absolute atomic E-state index is 0.0232. The average Bonchev–Trinajstić information content (AvgIpc) is 3.50. The third-order valence-corrected chi connectivity index (χ3v) is 8.52. The highest BCUT2D eigenvalue weighted by Gasteiger charge is 2.47. The molecule has 3 fully saturated rings. The Morgan fingerprint density at radius 1 is 1.09 bits per heavy atom. The van der Waals surface area contributed by atoms with Crippen LogP contribution in [0, 0.1) is 17.8 Å². The molecule has 32 heavy (non-hydrogen) atoms. The fraction of sp³-hybridized carbons (Fsp3) is 0.640. The van der Waals surface area contributed by atoms with Gasteiger partial charge in [0, 0.05) is 68.7 Å². The molecule has 4 aliphatic rings. The third-order valence-electron chi connectivity index (χ3n) is 8.52. The zero-order valence-corrected chi connectivity index (χ0v) is 18.9. The van der Waals surface area contributed by atoms with Crippen molar-refractivity contribution in [3.05, 3.63) is 52.5 Å². The van der Waals surface area contributed by atoms with E-state index in [-0.39, 0.29) is 29.3 Å². The molecule has 1 aliphatic carbocycles. The van der Waals surface area contributed by atoms with E-state index in [1.54, 1.807) is 6.07 Å². The molecule has 0 N–H and O–H groups in total. The van der Waals surface area contributed by atoms with Gasteiger partial charge in [0.1, 0.15) is 11.9 Å². The number of hydrogen-bond donors (Lipinski definition) is 0. The van der Waals surface area contributed by atoms with Crippen LogP contribution in [-0.4, -0.2) is 56.0 Å². The third kappa shape index (κ3) is 3.24. The molecule has 2 aromatic heterocycles. The summed E-state index contributed by atoms with van der Waals surface area (Å²) in [7, 11) is 0. The van der Waals surface area contributed by atoms with Crippen LogP contribution in [0.2, 0.25) is 0 Å². The summed E-state index contributed by atoms with van der Waals surface area (Å²) in [6, 6.07) is 5.18. The quantitative estimate of drug-likeness (QED) is 0.740. The summed E-state index contributed by atoms with van der Waals surface area (Å²) in [5.41, 5.74) is 1.01. The van der Waals surface area contributed by atoms with Crippen molar-refractivity contribution in [3.8, 4) is 0 Å². The van der Waals surface area contributed by atoms with Gasteiger partial charge in [-0.2, -0.15) is 0 Å². The first kappa shape index (κ1) is 20.2. The van der Waals surface area contributed by atoms with E-state index < -0.39 is 0 Å². The van der Waals surface area contributed by atoms with Gasteiger partial charge in [-0.1, -0.05) is 12.5 Å². The number of carbonyl (C=O) groups excluding carboxylic acids is 1. The van der Waals surface area contributed by atoms with Gasteiger partial charge in [0.25, 0.3) is 5.56 Å². The molecule has 7 heteroatoms. The van der Waals surface area contributed by atoms with E-state index >= 15 is 0 Å². The van der Waals surface area contributed by atoms with Crippen molar-refractivity contribution in [1.29, 1.82) is 0 Å². The molecule has 5 atom stereocenters. The lowest BCUT2D eigenvalue weighted by Gasteiger charge is -2.47. The molecule has 2 bridgehead atoms. The van der Waals surface area contributed by atoms with Crippen LogP contribution < -0.4 is 5.56 Å². The fourth-order valence-electron chi connectivity index (χ4n) is 7.06. The molecule has 170 valence electrons. The van der Waals surface area contributed by atoms with Crippen molar-refractivity contribution in [2.75, 3.05) is 26.2 Å². The molecule has 0 aromatic carbocycles. The molecule has 2 aromatic rings. The second-order valence-corrected chi connectivity index (χ2v) is 10.3. The van der Waals surface area contributed by atoms with Crippen LogP contribution in [0.1, 0.15) is 56.1 Å². The molecule has 5 heterocycles. The van der Waals surface area contributed by atoms with Crippen molar-refractivity contribution < 1.29 is 4.79 Å². The number of likely N-dealkylation sites (tertiary alicyclic amines) is 2. The molecule has 0 spiro atoms. The molecular formula is C25H33N5O2. The van der Waals surface area contributed by atoms with Gasteiger partial charge in [0.15, 0.2) is 0 Å². The number of fused-ring (bicyclic) bond motifs is 5. The van der Waals surface area contributed by atoms with Crippen LogP contribution in [0.5, 0.6) is 0 Å². The predicted molar refractivity (Wildman–Crippen MR) is 121 cm³/mol. The first-order valence-corrected chi connectivity index (χ1v) is 12.3. The lowest BCUT2D eigenvalue weighted by molar-refractivity contribution is -0.137. The van der Waals surface area contributed by atoms with Gasteiger partial charge in [-0.25, -0.2) is 4.98 Å². The molecular weight excluding hydrogens is 402 g/mol. The zero-order valence-electron chi connectivity index (χ0n) is 18.9. The van der Waals surface area contributed by atoms with Gasteiger partial charge in [-0.05, 0) is 44.1 Å². The van der Waals surface area contributed by atoms with Crippen LogP contribution >= 0.6 is 0 Å². The molecule has 2 saturated heterocycles. The molecule has 0 unspecified atom stereocenters. The van der Waals surface area contributed by atoms with E-state index in [4.69, 9.17) is 0 Å². The summed E-state index contributed by atoms with van der Waals surface area (Å²) < 4.78 is 4.05. The van der Waals surface area contributed by atoms with Crippen LogP contribution in [0.15, 0.2) is 35.4 Å². The van der Waals surface area contributed by atoms with Crippen LogP contribution in [-0.2, 0) is 17.9 Å². The lowest BCUT2D eigenvalue weighted by Crippen LogP contribution is -2.53. The predicted octanol–water partition coefficient (Wildman–Crippen LogP) is 2.48. The summed E-state index contributed by atoms with van der Waals surface area (Å²) in [5, 5.41) is 0. The summed E-state index contributed by atoms with van der Waals surface area (Å²) >= 11 is 0. The Kier molecular flexibility index (Phi) is 4.97. The number of pyridine rings is 1. The first-order chi connectivity index (χ1) is 15.6. The van der Waals surface area contributed by atoms with Crippen LogP contribution in [0.3, 0.4) is 0 Å². The van der Waals surface area contributed by atoms with Gasteiger partial charge in [0.05, 0.1) is 6.54 Å². The van der Waals surface area contributed by atoms with Crippen LogP contribution in [0.25, 0.3) is 0 Å². The monoisotopic (exact) mass is 435 g/mol. The van der Waals surface area contributed by atoms with Gasteiger partial charge in [-0.3, -0.25) is 19.1 Å². The van der Waals surface area contributed by atoms with Gasteiger partial charge < -0.3 is 9.47 Å². The van der Waals surface area contributed by atoms with Crippen molar-refractivity contribution in [3.63, 3.8) is 0 Å². The minimum atomic E-state index is -0.373. The number of aromatic nitrogens is 3. The van der Waals surface area contributed by atoms with Crippen molar-refractivity contribution in [2.24, 2.45) is 17.8 Å². The second-order valence-electron chi connectivity index (χ2n) is 10.3. The fourth-order valence-corrected chi connectivity index (χ4v) is 7.06. The first-order valence-electron chi connectivity index (χ1n) is 12.3. The second kappa shape index (κ2) is 7.87. The number of hydrogen-bond acceptors (Lipinski definition) is 4. The van der Waals surface area contributed by atoms with E-state index in [1.807, 2.05) is 23.0 Å². The van der Waals surface area contributed by atoms with Gasteiger partial charge in [-0.15, -0.1) is 0 Å². The zero-order chi connectivity index (χ0) is 21.8. The Morgan fingerprint density at radius 2 is 1.91 bits per heavy atom. The summed E-state index contributed by atoms with van der Waals surface area (Å²) in [4.78, 5) is 36.0. The smallest absolute Gasteiger partial charge is 0.251 e. The lowest BCUT2D eigenvalue weighted by atomic mass is 9.78. The highest BCUT2D eigenvalue weighted by Crippen LogP contribution is 2.44. The molecule has 0 radical (unpaired) electrons. The molecule has 3 aliphatic heterocycles. The maximum absolute atomic E-state index is 13.9. The van der Waals surface area contributed by atoms with E-state index in [9.17, 15) is 9.59 Å². The van der Waals surface area contributed by atoms with Crippen molar-refractivity contribution in [1.82, 2.24) is 23.9 Å². The van der Waals surface area contributed by atoms with Gasteiger partial charge >= 0.3 is 0 Å². The number of imidazole rings is 1. The average molecular weight is 436 g/mol. The number of rotatable bonds is 4. The Bertz CT molecular complexity index is 1060. The standard InChI is InChI=1S/C25H33N5O2/c1-2-28-10-9-26-22(28)16-27-12-19-11-20(13-27)24(30-21(19)7-4-8-23(30)31)25(32)29-14-17-5-3-6-18(17)15-29/h4,7-10,17-20,24H,2-3,5-6,11-16H2,1H3/t17-,18+,19-,20+,24-/m1/s1. The number of amides is 1. The highest BCUT2D eigenvalue weighted by molar-refractivity contribution is 5.81. The largest absolute Gasteiger partial charge is 0.340 e. The van der Waals surface area contributed by atoms with Crippen molar-refractivity contribution >= 4 is 5.91 Å². The maximum Gasteiger partial charge on any atom is 0.251 e. The molecule has 7 nitrogen and oxygen atoms in total. The Balaban J connectivity index is 1.31. The van der Waals surface area contributed by atoms with E-state index in [0.717, 1.165) is 57.2 Å². The number of aryl methyl sites for hydroxylation is 1. The minimum Gasteiger partial charge on any atom is -0.340 e. The maximum atomic E-state index is 13.9. The van der Waals surface area contributed by atoms with Crippen LogP contribution in [0.4, 0.5) is 0 Å². The summed E-state index contributed by atoms with van der Waals surface area (Å²) in [5.74, 6) is 3.03. The topological polar surface area (TPSA) is 63.4 Å². The normalized spacial score (nSPS) is 31.5. The Labute approximate surface area is 189 Å². The summed E-state index contributed by atoms with van der Waals surface area (Å²) in [6.45, 7) is 7.34. The SMILES string of the molecule is CCn1ccnc1CN1C[C@H]2C[C@@H](C1)[C@H](C(=O)N1C[C@H]3CCC[C@H]3C1)n1c2cccc1=O. The summed E-state index contributed by atoms with van der Waals surface area (Å²) in [6.07, 6.45) is 8.69. The van der Waals surface area contributed by atoms with E-state index in [1.165, 1.54) is 19.3 Å².